The molecule has 1 aromatic rings. The minimum absolute atomic E-state index is 0.0930. The molecule has 9 heteroatoms. The molecule has 0 aliphatic carbocycles. The topological polar surface area (TPSA) is 159 Å². The first kappa shape index (κ1) is 19.8. The molecule has 1 rings (SSSR count). The van der Waals surface area contributed by atoms with Gasteiger partial charge in [0.15, 0.2) is 0 Å². The summed E-state index contributed by atoms with van der Waals surface area (Å²) < 4.78 is 0. The second-order valence-corrected chi connectivity index (χ2v) is 5.38. The van der Waals surface area contributed by atoms with Crippen LogP contribution in [0.2, 0.25) is 0 Å². The average molecular weight is 331 g/mol. The molecule has 0 fully saturated rings. The highest BCUT2D eigenvalue weighted by Gasteiger charge is 2.21. The van der Waals surface area contributed by atoms with E-state index >= 15 is 0 Å². The summed E-state index contributed by atoms with van der Waals surface area (Å²) in [5, 5.41) is 58.2. The molecule has 0 saturated carbocycles. The first-order valence-corrected chi connectivity index (χ1v) is 7.48. The SMILES string of the molecule is CCNC(O)C(O)CC(O)c1cnc(CCCC(O)(O)O)cn1. The van der Waals surface area contributed by atoms with E-state index in [9.17, 15) is 15.3 Å². The number of nitrogens with one attached hydrogen (secondary N) is 1. The van der Waals surface area contributed by atoms with Gasteiger partial charge in [0.2, 0.25) is 0 Å². The number of aromatic nitrogens is 2. The molecule has 0 radical (unpaired) electrons. The number of aryl methyl sites for hydroxylation is 1. The van der Waals surface area contributed by atoms with Gasteiger partial charge >= 0.3 is 0 Å². The molecule has 7 N–H and O–H groups in total. The highest BCUT2D eigenvalue weighted by atomic mass is 16.7. The Morgan fingerprint density at radius 1 is 1.13 bits per heavy atom. The molecule has 1 aromatic heterocycles. The van der Waals surface area contributed by atoms with Crippen LogP contribution in [0.25, 0.3) is 0 Å². The van der Waals surface area contributed by atoms with Crippen molar-refractivity contribution in [3.05, 3.63) is 23.8 Å². The predicted octanol–water partition coefficient (Wildman–Crippen LogP) is -1.86. The van der Waals surface area contributed by atoms with Gasteiger partial charge in [-0.05, 0) is 19.4 Å². The molecule has 0 aliphatic heterocycles. The number of aliphatic hydroxyl groups excluding tert-OH is 3. The van der Waals surface area contributed by atoms with Crippen LogP contribution in [0, 0.1) is 0 Å². The lowest BCUT2D eigenvalue weighted by Crippen LogP contribution is -2.40. The van der Waals surface area contributed by atoms with Gasteiger partial charge in [0, 0.05) is 19.0 Å². The van der Waals surface area contributed by atoms with Gasteiger partial charge in [0.25, 0.3) is 5.97 Å². The highest BCUT2D eigenvalue weighted by Crippen LogP contribution is 2.17. The molecule has 1 heterocycles. The lowest BCUT2D eigenvalue weighted by molar-refractivity contribution is -0.314. The fraction of sp³-hybridized carbons (Fsp3) is 0.714. The summed E-state index contributed by atoms with van der Waals surface area (Å²) in [4.78, 5) is 8.12. The van der Waals surface area contributed by atoms with Crippen LogP contribution < -0.4 is 5.32 Å². The van der Waals surface area contributed by atoms with Crippen molar-refractivity contribution in [3.8, 4) is 0 Å². The van der Waals surface area contributed by atoms with E-state index in [-0.39, 0.29) is 18.5 Å². The molecule has 0 aromatic carbocycles. The van der Waals surface area contributed by atoms with E-state index in [0.717, 1.165) is 0 Å². The molecular weight excluding hydrogens is 306 g/mol. The van der Waals surface area contributed by atoms with Gasteiger partial charge in [-0.2, -0.15) is 0 Å². The lowest BCUT2D eigenvalue weighted by Gasteiger charge is -2.20. The Labute approximate surface area is 134 Å². The van der Waals surface area contributed by atoms with Gasteiger partial charge in [0.05, 0.1) is 23.7 Å². The third-order valence-corrected chi connectivity index (χ3v) is 3.25. The lowest BCUT2D eigenvalue weighted by atomic mass is 10.1. The van der Waals surface area contributed by atoms with Gasteiger partial charge in [-0.25, -0.2) is 0 Å². The van der Waals surface area contributed by atoms with Crippen LogP contribution in [-0.4, -0.2) is 65.5 Å². The first-order chi connectivity index (χ1) is 10.7. The number of hydrogen-bond donors (Lipinski definition) is 7. The van der Waals surface area contributed by atoms with E-state index in [1.54, 1.807) is 6.92 Å². The van der Waals surface area contributed by atoms with Crippen molar-refractivity contribution < 1.29 is 30.6 Å². The van der Waals surface area contributed by atoms with Crippen molar-refractivity contribution in [1.82, 2.24) is 15.3 Å². The second-order valence-electron chi connectivity index (χ2n) is 5.38. The maximum atomic E-state index is 9.98. The summed E-state index contributed by atoms with van der Waals surface area (Å²) in [6, 6.07) is 0. The molecule has 0 spiro atoms. The molecular formula is C14H25N3O6. The Morgan fingerprint density at radius 2 is 1.83 bits per heavy atom. The molecule has 0 bridgehead atoms. The average Bonchev–Trinajstić information content (AvgIpc) is 2.46. The summed E-state index contributed by atoms with van der Waals surface area (Å²) in [7, 11) is 0. The van der Waals surface area contributed by atoms with Crippen LogP contribution in [0.5, 0.6) is 0 Å². The minimum Gasteiger partial charge on any atom is -0.389 e. The largest absolute Gasteiger partial charge is 0.389 e. The third-order valence-electron chi connectivity index (χ3n) is 3.25. The van der Waals surface area contributed by atoms with Crippen molar-refractivity contribution in [3.63, 3.8) is 0 Å². The quantitative estimate of drug-likeness (QED) is 0.244. The van der Waals surface area contributed by atoms with Crippen LogP contribution in [0.3, 0.4) is 0 Å². The Bertz CT molecular complexity index is 451. The van der Waals surface area contributed by atoms with Crippen molar-refractivity contribution >= 4 is 0 Å². The summed E-state index contributed by atoms with van der Waals surface area (Å²) in [5.41, 5.74) is 0.829. The Hall–Kier alpha value is -1.20. The van der Waals surface area contributed by atoms with Gasteiger partial charge in [0.1, 0.15) is 12.3 Å². The zero-order valence-electron chi connectivity index (χ0n) is 13.0. The smallest absolute Gasteiger partial charge is 0.275 e. The van der Waals surface area contributed by atoms with Crippen LogP contribution >= 0.6 is 0 Å². The van der Waals surface area contributed by atoms with Gasteiger partial charge in [-0.1, -0.05) is 6.92 Å². The monoisotopic (exact) mass is 331 g/mol. The molecule has 132 valence electrons. The molecule has 0 saturated heterocycles. The third kappa shape index (κ3) is 7.75. The molecule has 23 heavy (non-hydrogen) atoms. The maximum absolute atomic E-state index is 9.98. The molecule has 3 atom stereocenters. The fourth-order valence-electron chi connectivity index (χ4n) is 2.00. The van der Waals surface area contributed by atoms with Crippen molar-refractivity contribution in [2.45, 2.75) is 57.0 Å². The van der Waals surface area contributed by atoms with E-state index in [1.165, 1.54) is 12.4 Å². The Kier molecular flexibility index (Phi) is 7.92. The zero-order valence-corrected chi connectivity index (χ0v) is 13.0. The normalized spacial score (nSPS) is 16.1. The summed E-state index contributed by atoms with van der Waals surface area (Å²) in [6.45, 7) is 2.27. The molecule has 0 aliphatic rings. The van der Waals surface area contributed by atoms with E-state index in [1.807, 2.05) is 0 Å². The van der Waals surface area contributed by atoms with Crippen LogP contribution in [0.15, 0.2) is 12.4 Å². The van der Waals surface area contributed by atoms with E-state index in [2.05, 4.69) is 15.3 Å². The summed E-state index contributed by atoms with van der Waals surface area (Å²) in [5.74, 6) is -2.69. The minimum atomic E-state index is -2.69. The Morgan fingerprint density at radius 3 is 2.35 bits per heavy atom. The standard InChI is InChI=1S/C14H25N3O6/c1-2-15-13(20)12(19)6-11(18)10-8-16-9(7-17-10)4-3-5-14(21,22)23/h7-8,11-13,15,18-23H,2-6H2,1H3. The number of hydrogen-bond acceptors (Lipinski definition) is 9. The number of aliphatic hydroxyl groups is 6. The van der Waals surface area contributed by atoms with Crippen molar-refractivity contribution in [1.29, 1.82) is 0 Å². The summed E-state index contributed by atoms with van der Waals surface area (Å²) in [6.07, 6.45) is -0.175. The molecule has 3 unspecified atom stereocenters. The maximum Gasteiger partial charge on any atom is 0.275 e. The van der Waals surface area contributed by atoms with E-state index in [4.69, 9.17) is 15.3 Å². The second kappa shape index (κ2) is 9.18. The van der Waals surface area contributed by atoms with Gasteiger partial charge < -0.3 is 30.6 Å². The summed E-state index contributed by atoms with van der Waals surface area (Å²) >= 11 is 0. The molecule has 9 nitrogen and oxygen atoms in total. The van der Waals surface area contributed by atoms with E-state index < -0.39 is 24.4 Å². The van der Waals surface area contributed by atoms with Crippen LogP contribution in [-0.2, 0) is 6.42 Å². The van der Waals surface area contributed by atoms with E-state index in [0.29, 0.717) is 25.1 Å². The number of rotatable bonds is 10. The van der Waals surface area contributed by atoms with Crippen molar-refractivity contribution in [2.24, 2.45) is 0 Å². The van der Waals surface area contributed by atoms with Gasteiger partial charge in [-0.3, -0.25) is 15.3 Å². The number of nitrogens with zero attached hydrogens (tertiary/aromatic N) is 2. The fourth-order valence-corrected chi connectivity index (χ4v) is 2.00. The molecule has 0 amide bonds. The zero-order chi connectivity index (χ0) is 17.5. The highest BCUT2D eigenvalue weighted by molar-refractivity contribution is 5.05. The Balaban J connectivity index is 2.49. The number of likely N-dealkylation sites (N-methyl/N-ethyl adjacent to an activating group) is 1. The van der Waals surface area contributed by atoms with Crippen LogP contribution in [0.1, 0.15) is 43.7 Å². The van der Waals surface area contributed by atoms with Crippen LogP contribution in [0.4, 0.5) is 0 Å². The predicted molar refractivity (Wildman–Crippen MR) is 79.6 cm³/mol. The first-order valence-electron chi connectivity index (χ1n) is 7.48. The van der Waals surface area contributed by atoms with Crippen molar-refractivity contribution in [2.75, 3.05) is 6.54 Å². The van der Waals surface area contributed by atoms with Gasteiger partial charge in [-0.15, -0.1) is 0 Å².